The summed E-state index contributed by atoms with van der Waals surface area (Å²) in [6, 6.07) is 10.0. The summed E-state index contributed by atoms with van der Waals surface area (Å²) >= 11 is 0. The third-order valence-corrected chi connectivity index (χ3v) is 5.58. The average molecular weight is 421 g/mol. The van der Waals surface area contributed by atoms with Gasteiger partial charge >= 0.3 is 0 Å². The lowest BCUT2D eigenvalue weighted by Gasteiger charge is -2.39. The second kappa shape index (κ2) is 8.17. The first-order chi connectivity index (χ1) is 14.8. The van der Waals surface area contributed by atoms with Gasteiger partial charge in [0.1, 0.15) is 11.5 Å². The molecule has 2 aromatic rings. The van der Waals surface area contributed by atoms with Crippen molar-refractivity contribution in [2.24, 2.45) is 0 Å². The Morgan fingerprint density at radius 2 is 2.00 bits per heavy atom. The molecule has 0 bridgehead atoms. The van der Waals surface area contributed by atoms with Gasteiger partial charge in [0.25, 0.3) is 5.91 Å². The minimum atomic E-state index is -0.783. The highest BCUT2D eigenvalue weighted by atomic mass is 16.2. The number of amides is 3. The Bertz CT molecular complexity index is 1070. The number of anilines is 2. The topological polar surface area (TPSA) is 121 Å². The van der Waals surface area contributed by atoms with Crippen molar-refractivity contribution in [3.63, 3.8) is 0 Å². The van der Waals surface area contributed by atoms with Gasteiger partial charge in [-0.2, -0.15) is 0 Å². The van der Waals surface area contributed by atoms with Crippen LogP contribution in [0.1, 0.15) is 46.9 Å². The highest BCUT2D eigenvalue weighted by molar-refractivity contribution is 6.01. The fraction of sp³-hybridized carbons (Fsp3) is 0.318. The van der Waals surface area contributed by atoms with Crippen molar-refractivity contribution in [2.75, 3.05) is 23.7 Å². The zero-order valence-electron chi connectivity index (χ0n) is 17.1. The second-order valence-electron chi connectivity index (χ2n) is 7.81. The lowest BCUT2D eigenvalue weighted by atomic mass is 9.97. The van der Waals surface area contributed by atoms with Gasteiger partial charge < -0.3 is 20.9 Å². The van der Waals surface area contributed by atoms with Gasteiger partial charge in [0.05, 0.1) is 12.1 Å². The summed E-state index contributed by atoms with van der Waals surface area (Å²) in [6.45, 7) is 1.65. The van der Waals surface area contributed by atoms with Crippen LogP contribution in [0.2, 0.25) is 0 Å². The third kappa shape index (κ3) is 4.40. The quantitative estimate of drug-likeness (QED) is 0.648. The fourth-order valence-electron chi connectivity index (χ4n) is 3.89. The van der Waals surface area contributed by atoms with Crippen molar-refractivity contribution in [2.45, 2.75) is 31.8 Å². The summed E-state index contributed by atoms with van der Waals surface area (Å²) in [5, 5.41) is 8.99. The van der Waals surface area contributed by atoms with Crippen molar-refractivity contribution >= 4 is 35.0 Å². The highest BCUT2D eigenvalue weighted by Gasteiger charge is 2.41. The van der Waals surface area contributed by atoms with Crippen LogP contribution in [0.4, 0.5) is 11.5 Å². The van der Waals surface area contributed by atoms with Gasteiger partial charge in [0.2, 0.25) is 11.8 Å². The largest absolute Gasteiger partial charge is 0.347 e. The summed E-state index contributed by atoms with van der Waals surface area (Å²) in [4.78, 5) is 54.9. The number of pyridine rings is 1. The SMILES string of the molecule is CC(=O)c1cccc(NC(=O)CN2CC[C@@]3(CCC2=O)NC(=O)c2cccnc2N3)c1. The number of aromatic nitrogens is 1. The van der Waals surface area contributed by atoms with E-state index in [1.165, 1.54) is 11.8 Å². The van der Waals surface area contributed by atoms with E-state index in [1.807, 2.05) is 0 Å². The van der Waals surface area contributed by atoms with Crippen molar-refractivity contribution < 1.29 is 19.2 Å². The highest BCUT2D eigenvalue weighted by Crippen LogP contribution is 2.30. The Kier molecular flexibility index (Phi) is 5.41. The van der Waals surface area contributed by atoms with E-state index in [4.69, 9.17) is 0 Å². The molecule has 3 amide bonds. The molecule has 3 heterocycles. The van der Waals surface area contributed by atoms with E-state index in [9.17, 15) is 19.2 Å². The van der Waals surface area contributed by atoms with Crippen LogP contribution >= 0.6 is 0 Å². The molecule has 3 N–H and O–H groups in total. The predicted octanol–water partition coefficient (Wildman–Crippen LogP) is 1.79. The number of ketones is 1. The summed E-state index contributed by atoms with van der Waals surface area (Å²) in [7, 11) is 0. The molecule has 1 spiro atoms. The molecule has 4 rings (SSSR count). The van der Waals surface area contributed by atoms with Gasteiger partial charge in [-0.1, -0.05) is 12.1 Å². The summed E-state index contributed by atoms with van der Waals surface area (Å²) < 4.78 is 0. The smallest absolute Gasteiger partial charge is 0.256 e. The molecule has 2 aliphatic heterocycles. The van der Waals surface area contributed by atoms with Crippen molar-refractivity contribution in [3.05, 3.63) is 53.7 Å². The molecule has 0 aliphatic carbocycles. The number of hydrogen-bond acceptors (Lipinski definition) is 6. The summed E-state index contributed by atoms with van der Waals surface area (Å²) in [5.41, 5.74) is 0.682. The predicted molar refractivity (Wildman–Crippen MR) is 114 cm³/mol. The molecular formula is C22H23N5O4. The van der Waals surface area contributed by atoms with Crippen LogP contribution in [-0.4, -0.2) is 52.1 Å². The number of nitrogens with one attached hydrogen (secondary N) is 3. The van der Waals surface area contributed by atoms with Crippen LogP contribution < -0.4 is 16.0 Å². The zero-order valence-corrected chi connectivity index (χ0v) is 17.1. The molecule has 1 saturated heterocycles. The van der Waals surface area contributed by atoms with Crippen LogP contribution in [0.3, 0.4) is 0 Å². The minimum absolute atomic E-state index is 0.0952. The molecule has 1 aromatic carbocycles. The molecule has 31 heavy (non-hydrogen) atoms. The Morgan fingerprint density at radius 3 is 2.81 bits per heavy atom. The van der Waals surface area contributed by atoms with Gasteiger partial charge in [0.15, 0.2) is 5.78 Å². The number of likely N-dealkylation sites (tertiary alicyclic amines) is 1. The minimum Gasteiger partial charge on any atom is -0.347 e. The van der Waals surface area contributed by atoms with Gasteiger partial charge in [0, 0.05) is 36.8 Å². The summed E-state index contributed by atoms with van der Waals surface area (Å²) in [5.74, 6) is -0.340. The number of benzene rings is 1. The average Bonchev–Trinajstić information content (AvgIpc) is 2.88. The number of rotatable bonds is 4. The van der Waals surface area contributed by atoms with E-state index in [0.29, 0.717) is 42.0 Å². The van der Waals surface area contributed by atoms with E-state index >= 15 is 0 Å². The molecule has 0 saturated carbocycles. The van der Waals surface area contributed by atoms with Crippen LogP contribution in [0.15, 0.2) is 42.6 Å². The maximum absolute atomic E-state index is 12.6. The maximum Gasteiger partial charge on any atom is 0.256 e. The van der Waals surface area contributed by atoms with Crippen molar-refractivity contribution in [1.82, 2.24) is 15.2 Å². The molecule has 9 nitrogen and oxygen atoms in total. The molecule has 160 valence electrons. The van der Waals surface area contributed by atoms with Crippen LogP contribution in [0.5, 0.6) is 0 Å². The van der Waals surface area contributed by atoms with Crippen molar-refractivity contribution in [1.29, 1.82) is 0 Å². The van der Waals surface area contributed by atoms with Crippen molar-refractivity contribution in [3.8, 4) is 0 Å². The van der Waals surface area contributed by atoms with Gasteiger partial charge in [-0.25, -0.2) is 4.98 Å². The first-order valence-corrected chi connectivity index (χ1v) is 10.1. The van der Waals surface area contributed by atoms with Gasteiger partial charge in [-0.05, 0) is 37.6 Å². The lowest BCUT2D eigenvalue weighted by molar-refractivity contribution is -0.134. The monoisotopic (exact) mass is 421 g/mol. The third-order valence-electron chi connectivity index (χ3n) is 5.58. The second-order valence-corrected chi connectivity index (χ2v) is 7.81. The Labute approximate surface area is 179 Å². The Hall–Kier alpha value is -3.75. The van der Waals surface area contributed by atoms with Crippen LogP contribution in [0, 0.1) is 0 Å². The fourth-order valence-corrected chi connectivity index (χ4v) is 3.89. The first-order valence-electron chi connectivity index (χ1n) is 10.1. The maximum atomic E-state index is 12.6. The standard InChI is InChI=1S/C22H23N5O4/c1-14(28)15-4-2-5-16(12-15)24-18(29)13-27-11-9-22(8-7-19(27)30)25-20-17(21(31)26-22)6-3-10-23-20/h2-6,10,12H,7-9,11,13H2,1H3,(H,23,25)(H,24,29)(H,26,31)/t22-/m1/s1. The molecule has 0 radical (unpaired) electrons. The molecular weight excluding hydrogens is 398 g/mol. The van der Waals surface area contributed by atoms with E-state index in [0.717, 1.165) is 0 Å². The van der Waals surface area contributed by atoms with E-state index in [-0.39, 0.29) is 36.5 Å². The van der Waals surface area contributed by atoms with Gasteiger partial charge in [-0.15, -0.1) is 0 Å². The molecule has 1 aromatic heterocycles. The Morgan fingerprint density at radius 1 is 1.16 bits per heavy atom. The number of carbonyl (C=O) groups is 4. The zero-order chi connectivity index (χ0) is 22.0. The van der Waals surface area contributed by atoms with Gasteiger partial charge in [-0.3, -0.25) is 19.2 Å². The number of carbonyl (C=O) groups excluding carboxylic acids is 4. The molecule has 1 atom stereocenters. The Balaban J connectivity index is 1.42. The first kappa shape index (κ1) is 20.5. The van der Waals surface area contributed by atoms with E-state index in [2.05, 4.69) is 20.9 Å². The van der Waals surface area contributed by atoms with E-state index in [1.54, 1.807) is 42.6 Å². The number of Topliss-reactive ketones (excluding diaryl/α,β-unsaturated/α-hetero) is 1. The lowest BCUT2D eigenvalue weighted by Crippen LogP contribution is -2.58. The molecule has 9 heteroatoms. The normalized spacial score (nSPS) is 20.4. The number of hydrogen-bond donors (Lipinski definition) is 3. The molecule has 1 fully saturated rings. The number of fused-ring (bicyclic) bond motifs is 1. The van der Waals surface area contributed by atoms with Crippen LogP contribution in [-0.2, 0) is 9.59 Å². The number of nitrogens with zero attached hydrogens (tertiary/aromatic N) is 2. The molecule has 2 aliphatic rings. The van der Waals surface area contributed by atoms with Crippen LogP contribution in [0.25, 0.3) is 0 Å². The van der Waals surface area contributed by atoms with E-state index < -0.39 is 5.66 Å². The molecule has 0 unspecified atom stereocenters. The summed E-state index contributed by atoms with van der Waals surface area (Å²) in [6.07, 6.45) is 2.63.